The Hall–Kier alpha value is -3.09. The van der Waals surface area contributed by atoms with Gasteiger partial charge in [0.15, 0.2) is 5.75 Å². The minimum absolute atomic E-state index is 0.0828. The maximum absolute atomic E-state index is 11.5. The SMILES string of the molecule is COc1ccc(CC(=NN)c2ccccc2)c([N+](=O)[O-])c1OC. The molecule has 0 aliphatic rings. The Labute approximate surface area is 133 Å². The molecule has 2 aromatic carbocycles. The summed E-state index contributed by atoms with van der Waals surface area (Å²) in [5.41, 5.74) is 1.64. The smallest absolute Gasteiger partial charge is 0.318 e. The average Bonchev–Trinajstić information content (AvgIpc) is 2.59. The first-order valence-electron chi connectivity index (χ1n) is 6.82. The van der Waals surface area contributed by atoms with E-state index in [0.29, 0.717) is 17.0 Å². The lowest BCUT2D eigenvalue weighted by Gasteiger charge is -2.12. The average molecular weight is 315 g/mol. The van der Waals surface area contributed by atoms with Gasteiger partial charge in [0, 0.05) is 12.0 Å². The van der Waals surface area contributed by atoms with Crippen molar-refractivity contribution in [3.05, 3.63) is 63.7 Å². The monoisotopic (exact) mass is 315 g/mol. The lowest BCUT2D eigenvalue weighted by molar-refractivity contribution is -0.386. The summed E-state index contributed by atoms with van der Waals surface area (Å²) in [4.78, 5) is 11.0. The molecule has 0 aromatic heterocycles. The van der Waals surface area contributed by atoms with Crippen LogP contribution in [-0.4, -0.2) is 24.9 Å². The van der Waals surface area contributed by atoms with Crippen LogP contribution >= 0.6 is 0 Å². The van der Waals surface area contributed by atoms with E-state index in [9.17, 15) is 10.1 Å². The number of nitro groups is 1. The summed E-state index contributed by atoms with van der Waals surface area (Å²) < 4.78 is 10.3. The molecular formula is C16H17N3O4. The van der Waals surface area contributed by atoms with Crippen molar-refractivity contribution in [3.63, 3.8) is 0 Å². The third-order valence-corrected chi connectivity index (χ3v) is 3.41. The summed E-state index contributed by atoms with van der Waals surface area (Å²) in [6.07, 6.45) is 0.206. The predicted octanol–water partition coefficient (Wildman–Crippen LogP) is 2.52. The Morgan fingerprint density at radius 2 is 1.87 bits per heavy atom. The fourth-order valence-corrected chi connectivity index (χ4v) is 2.33. The number of benzene rings is 2. The molecular weight excluding hydrogens is 298 g/mol. The largest absolute Gasteiger partial charge is 0.493 e. The molecule has 2 N–H and O–H groups in total. The normalized spacial score (nSPS) is 11.1. The summed E-state index contributed by atoms with van der Waals surface area (Å²) in [6, 6.07) is 12.5. The van der Waals surface area contributed by atoms with Crippen LogP contribution < -0.4 is 15.3 Å². The Morgan fingerprint density at radius 1 is 1.17 bits per heavy atom. The molecule has 0 bridgehead atoms. The lowest BCUT2D eigenvalue weighted by atomic mass is 10.00. The lowest BCUT2D eigenvalue weighted by Crippen LogP contribution is -2.10. The summed E-state index contributed by atoms with van der Waals surface area (Å²) in [7, 11) is 2.79. The molecule has 2 aromatic rings. The van der Waals surface area contributed by atoms with E-state index in [1.165, 1.54) is 14.2 Å². The van der Waals surface area contributed by atoms with Crippen molar-refractivity contribution in [2.24, 2.45) is 10.9 Å². The van der Waals surface area contributed by atoms with E-state index in [4.69, 9.17) is 15.3 Å². The van der Waals surface area contributed by atoms with Crippen LogP contribution in [0.4, 0.5) is 5.69 Å². The zero-order valence-corrected chi connectivity index (χ0v) is 12.9. The molecule has 0 aliphatic heterocycles. The van der Waals surface area contributed by atoms with Crippen molar-refractivity contribution < 1.29 is 14.4 Å². The van der Waals surface area contributed by atoms with E-state index in [1.54, 1.807) is 12.1 Å². The quantitative estimate of drug-likeness (QED) is 0.382. The van der Waals surface area contributed by atoms with Gasteiger partial charge in [0.2, 0.25) is 5.75 Å². The van der Waals surface area contributed by atoms with Gasteiger partial charge in [0.1, 0.15) is 0 Å². The van der Waals surface area contributed by atoms with Crippen molar-refractivity contribution in [3.8, 4) is 11.5 Å². The van der Waals surface area contributed by atoms with Gasteiger partial charge in [0.25, 0.3) is 0 Å². The fraction of sp³-hybridized carbons (Fsp3) is 0.188. The molecule has 23 heavy (non-hydrogen) atoms. The molecule has 0 saturated carbocycles. The number of hydrogen-bond acceptors (Lipinski definition) is 6. The minimum Gasteiger partial charge on any atom is -0.493 e. The highest BCUT2D eigenvalue weighted by molar-refractivity contribution is 6.02. The highest BCUT2D eigenvalue weighted by atomic mass is 16.6. The minimum atomic E-state index is -0.490. The van der Waals surface area contributed by atoms with E-state index in [1.807, 2.05) is 30.3 Å². The van der Waals surface area contributed by atoms with Crippen LogP contribution in [-0.2, 0) is 6.42 Å². The van der Waals surface area contributed by atoms with Gasteiger partial charge in [0.05, 0.1) is 24.9 Å². The van der Waals surface area contributed by atoms with Crippen LogP contribution in [0.1, 0.15) is 11.1 Å². The number of nitrogens with zero attached hydrogens (tertiary/aromatic N) is 2. The number of rotatable bonds is 6. The first-order chi connectivity index (χ1) is 11.1. The second-order valence-electron chi connectivity index (χ2n) is 4.68. The molecule has 120 valence electrons. The second-order valence-corrected chi connectivity index (χ2v) is 4.68. The fourth-order valence-electron chi connectivity index (χ4n) is 2.33. The Morgan fingerprint density at radius 3 is 2.39 bits per heavy atom. The second kappa shape index (κ2) is 7.26. The van der Waals surface area contributed by atoms with E-state index in [0.717, 1.165) is 5.56 Å². The first-order valence-corrected chi connectivity index (χ1v) is 6.82. The molecule has 0 amide bonds. The zero-order chi connectivity index (χ0) is 16.8. The molecule has 0 aliphatic carbocycles. The van der Waals surface area contributed by atoms with E-state index < -0.39 is 4.92 Å². The van der Waals surface area contributed by atoms with Gasteiger partial charge < -0.3 is 15.3 Å². The maximum Gasteiger partial charge on any atom is 0.318 e. The molecule has 0 unspecified atom stereocenters. The molecule has 0 spiro atoms. The first kappa shape index (κ1) is 16.3. The summed E-state index contributed by atoms with van der Waals surface area (Å²) in [5.74, 6) is 5.85. The van der Waals surface area contributed by atoms with E-state index >= 15 is 0 Å². The van der Waals surface area contributed by atoms with Crippen LogP contribution in [0.15, 0.2) is 47.6 Å². The van der Waals surface area contributed by atoms with Crippen LogP contribution in [0.25, 0.3) is 0 Å². The highest BCUT2D eigenvalue weighted by Gasteiger charge is 2.26. The van der Waals surface area contributed by atoms with Gasteiger partial charge in [-0.1, -0.05) is 30.3 Å². The summed E-state index contributed by atoms with van der Waals surface area (Å²) in [6.45, 7) is 0. The summed E-state index contributed by atoms with van der Waals surface area (Å²) >= 11 is 0. The molecule has 7 nitrogen and oxygen atoms in total. The van der Waals surface area contributed by atoms with Gasteiger partial charge in [-0.3, -0.25) is 10.1 Å². The van der Waals surface area contributed by atoms with Crippen LogP contribution in [0, 0.1) is 10.1 Å². The molecule has 0 radical (unpaired) electrons. The van der Waals surface area contributed by atoms with Gasteiger partial charge in [-0.05, 0) is 17.7 Å². The molecule has 7 heteroatoms. The molecule has 0 saturated heterocycles. The topological polar surface area (TPSA) is 100.0 Å². The standard InChI is InChI=1S/C16H17N3O4/c1-22-14-9-8-12(15(19(20)21)16(14)23-2)10-13(18-17)11-6-4-3-5-7-11/h3-9H,10,17H2,1-2H3. The van der Waals surface area contributed by atoms with Gasteiger partial charge in [-0.2, -0.15) is 5.10 Å². The van der Waals surface area contributed by atoms with E-state index in [2.05, 4.69) is 5.10 Å². The van der Waals surface area contributed by atoms with Crippen molar-refractivity contribution in [1.82, 2.24) is 0 Å². The van der Waals surface area contributed by atoms with Gasteiger partial charge >= 0.3 is 5.69 Å². The number of nitrogens with two attached hydrogens (primary N) is 1. The molecule has 2 rings (SSSR count). The summed E-state index contributed by atoms with van der Waals surface area (Å²) in [5, 5.41) is 15.2. The van der Waals surface area contributed by atoms with Crippen molar-refractivity contribution >= 4 is 11.4 Å². The Kier molecular flexibility index (Phi) is 5.14. The van der Waals surface area contributed by atoms with Crippen LogP contribution in [0.2, 0.25) is 0 Å². The number of ether oxygens (including phenoxy) is 2. The molecule has 0 fully saturated rings. The maximum atomic E-state index is 11.5. The van der Waals surface area contributed by atoms with Crippen molar-refractivity contribution in [1.29, 1.82) is 0 Å². The van der Waals surface area contributed by atoms with Crippen LogP contribution in [0.5, 0.6) is 11.5 Å². The Balaban J connectivity index is 2.49. The third-order valence-electron chi connectivity index (χ3n) is 3.41. The van der Waals surface area contributed by atoms with E-state index in [-0.39, 0.29) is 17.9 Å². The predicted molar refractivity (Wildman–Crippen MR) is 87.1 cm³/mol. The van der Waals surface area contributed by atoms with Crippen molar-refractivity contribution in [2.45, 2.75) is 6.42 Å². The number of nitro benzene ring substituents is 1. The molecule has 0 heterocycles. The number of hydrazone groups is 1. The number of methoxy groups -OCH3 is 2. The van der Waals surface area contributed by atoms with Crippen molar-refractivity contribution in [2.75, 3.05) is 14.2 Å². The van der Waals surface area contributed by atoms with Crippen LogP contribution in [0.3, 0.4) is 0 Å². The highest BCUT2D eigenvalue weighted by Crippen LogP contribution is 2.39. The van der Waals surface area contributed by atoms with Gasteiger partial charge in [-0.25, -0.2) is 0 Å². The van der Waals surface area contributed by atoms with Gasteiger partial charge in [-0.15, -0.1) is 0 Å². The molecule has 0 atom stereocenters. The Bertz CT molecular complexity index is 730. The third kappa shape index (κ3) is 3.39. The zero-order valence-electron chi connectivity index (χ0n) is 12.9. The number of hydrogen-bond donors (Lipinski definition) is 1.